The fourth-order valence-electron chi connectivity index (χ4n) is 2.64. The third-order valence-electron chi connectivity index (χ3n) is 3.93. The molecule has 1 fully saturated rings. The van der Waals surface area contributed by atoms with Gasteiger partial charge in [-0.05, 0) is 36.4 Å². The van der Waals surface area contributed by atoms with E-state index in [0.29, 0.717) is 5.56 Å². The first kappa shape index (κ1) is 14.4. The predicted octanol–water partition coefficient (Wildman–Crippen LogP) is 2.05. The SMILES string of the molecule is COc1ccc(C(=O)N2CCN(c3ccncc3)CC2)cc1. The average molecular weight is 297 g/mol. The normalized spacial score (nSPS) is 14.8. The first-order valence-electron chi connectivity index (χ1n) is 7.36. The highest BCUT2D eigenvalue weighted by Crippen LogP contribution is 2.17. The van der Waals surface area contributed by atoms with Gasteiger partial charge in [0.1, 0.15) is 5.75 Å². The molecule has 1 amide bonds. The molecule has 0 N–H and O–H groups in total. The van der Waals surface area contributed by atoms with Gasteiger partial charge in [0.05, 0.1) is 7.11 Å². The first-order chi connectivity index (χ1) is 10.8. The lowest BCUT2D eigenvalue weighted by Gasteiger charge is -2.36. The molecule has 0 bridgehead atoms. The number of piperazine rings is 1. The van der Waals surface area contributed by atoms with Gasteiger partial charge < -0.3 is 14.5 Å². The van der Waals surface area contributed by atoms with Crippen molar-refractivity contribution in [2.24, 2.45) is 0 Å². The number of methoxy groups -OCH3 is 1. The van der Waals surface area contributed by atoms with Crippen LogP contribution in [0.2, 0.25) is 0 Å². The summed E-state index contributed by atoms with van der Waals surface area (Å²) in [5.74, 6) is 0.844. The fourth-order valence-corrected chi connectivity index (χ4v) is 2.64. The highest BCUT2D eigenvalue weighted by Gasteiger charge is 2.22. The summed E-state index contributed by atoms with van der Waals surface area (Å²) < 4.78 is 5.12. The lowest BCUT2D eigenvalue weighted by Crippen LogP contribution is -2.48. The molecule has 0 unspecified atom stereocenters. The minimum atomic E-state index is 0.0806. The van der Waals surface area contributed by atoms with Gasteiger partial charge in [0.25, 0.3) is 5.91 Å². The van der Waals surface area contributed by atoms with Crippen LogP contribution in [0.15, 0.2) is 48.8 Å². The van der Waals surface area contributed by atoms with Crippen molar-refractivity contribution in [3.05, 3.63) is 54.4 Å². The monoisotopic (exact) mass is 297 g/mol. The van der Waals surface area contributed by atoms with Gasteiger partial charge in [-0.25, -0.2) is 0 Å². The summed E-state index contributed by atoms with van der Waals surface area (Å²) in [7, 11) is 1.62. The van der Waals surface area contributed by atoms with Crippen molar-refractivity contribution in [3.63, 3.8) is 0 Å². The number of rotatable bonds is 3. The van der Waals surface area contributed by atoms with Gasteiger partial charge in [-0.15, -0.1) is 0 Å². The number of ether oxygens (including phenoxy) is 1. The molecule has 114 valence electrons. The topological polar surface area (TPSA) is 45.7 Å². The Balaban J connectivity index is 1.62. The number of amides is 1. The highest BCUT2D eigenvalue weighted by molar-refractivity contribution is 5.94. The van der Waals surface area contributed by atoms with E-state index in [4.69, 9.17) is 4.74 Å². The Morgan fingerprint density at radius 2 is 1.64 bits per heavy atom. The summed E-state index contributed by atoms with van der Waals surface area (Å²) >= 11 is 0. The van der Waals surface area contributed by atoms with Crippen LogP contribution in [0.1, 0.15) is 10.4 Å². The molecule has 0 radical (unpaired) electrons. The van der Waals surface area contributed by atoms with Gasteiger partial charge in [-0.1, -0.05) is 0 Å². The first-order valence-corrected chi connectivity index (χ1v) is 7.36. The predicted molar refractivity (Wildman–Crippen MR) is 85.3 cm³/mol. The second-order valence-electron chi connectivity index (χ2n) is 5.21. The van der Waals surface area contributed by atoms with E-state index in [1.807, 2.05) is 41.3 Å². The van der Waals surface area contributed by atoms with Crippen LogP contribution >= 0.6 is 0 Å². The number of pyridine rings is 1. The molecule has 0 aliphatic carbocycles. The van der Waals surface area contributed by atoms with E-state index in [1.54, 1.807) is 19.5 Å². The quantitative estimate of drug-likeness (QED) is 0.870. The summed E-state index contributed by atoms with van der Waals surface area (Å²) in [5.41, 5.74) is 1.87. The Labute approximate surface area is 130 Å². The van der Waals surface area contributed by atoms with Gasteiger partial charge in [0, 0.05) is 49.8 Å². The molecule has 2 heterocycles. The van der Waals surface area contributed by atoms with E-state index < -0.39 is 0 Å². The molecule has 1 saturated heterocycles. The second kappa shape index (κ2) is 6.47. The Morgan fingerprint density at radius 1 is 1.00 bits per heavy atom. The molecule has 1 aromatic carbocycles. The number of anilines is 1. The summed E-state index contributed by atoms with van der Waals surface area (Å²) in [5, 5.41) is 0. The van der Waals surface area contributed by atoms with Crippen LogP contribution in [-0.4, -0.2) is 49.1 Å². The van der Waals surface area contributed by atoms with Crippen molar-refractivity contribution in [1.29, 1.82) is 0 Å². The minimum absolute atomic E-state index is 0.0806. The average Bonchev–Trinajstić information content (AvgIpc) is 2.62. The Hall–Kier alpha value is -2.56. The molecule has 5 heteroatoms. The Morgan fingerprint density at radius 3 is 2.23 bits per heavy atom. The zero-order valence-corrected chi connectivity index (χ0v) is 12.6. The highest BCUT2D eigenvalue weighted by atomic mass is 16.5. The maximum absolute atomic E-state index is 12.5. The summed E-state index contributed by atoms with van der Waals surface area (Å²) in [6, 6.07) is 11.3. The molecule has 1 aromatic heterocycles. The van der Waals surface area contributed by atoms with E-state index >= 15 is 0 Å². The van der Waals surface area contributed by atoms with E-state index in [1.165, 1.54) is 0 Å². The lowest BCUT2D eigenvalue weighted by atomic mass is 10.1. The number of nitrogens with zero attached hydrogens (tertiary/aromatic N) is 3. The summed E-state index contributed by atoms with van der Waals surface area (Å²) in [4.78, 5) is 20.7. The number of benzene rings is 1. The Kier molecular flexibility index (Phi) is 4.23. The van der Waals surface area contributed by atoms with Gasteiger partial charge in [-0.2, -0.15) is 0 Å². The standard InChI is InChI=1S/C17H19N3O2/c1-22-16-4-2-14(3-5-16)17(21)20-12-10-19(11-13-20)15-6-8-18-9-7-15/h2-9H,10-13H2,1H3. The van der Waals surface area contributed by atoms with Crippen LogP contribution in [0.5, 0.6) is 5.75 Å². The zero-order chi connectivity index (χ0) is 15.4. The number of aromatic nitrogens is 1. The van der Waals surface area contributed by atoms with Crippen LogP contribution in [0.4, 0.5) is 5.69 Å². The number of hydrogen-bond acceptors (Lipinski definition) is 4. The molecule has 22 heavy (non-hydrogen) atoms. The van der Waals surface area contributed by atoms with Crippen LogP contribution < -0.4 is 9.64 Å². The van der Waals surface area contributed by atoms with Crippen molar-refractivity contribution >= 4 is 11.6 Å². The van der Waals surface area contributed by atoms with E-state index in [9.17, 15) is 4.79 Å². The molecule has 0 spiro atoms. The van der Waals surface area contributed by atoms with Crippen LogP contribution in [-0.2, 0) is 0 Å². The summed E-state index contributed by atoms with van der Waals surface area (Å²) in [6.07, 6.45) is 3.59. The van der Waals surface area contributed by atoms with Gasteiger partial charge in [0.15, 0.2) is 0 Å². The summed E-state index contributed by atoms with van der Waals surface area (Å²) in [6.45, 7) is 3.14. The molecular weight excluding hydrogens is 278 g/mol. The van der Waals surface area contributed by atoms with Crippen molar-refractivity contribution in [2.45, 2.75) is 0 Å². The van der Waals surface area contributed by atoms with E-state index in [0.717, 1.165) is 37.6 Å². The third-order valence-corrected chi connectivity index (χ3v) is 3.93. The molecule has 0 atom stereocenters. The van der Waals surface area contributed by atoms with E-state index in [-0.39, 0.29) is 5.91 Å². The van der Waals surface area contributed by atoms with Crippen LogP contribution in [0.25, 0.3) is 0 Å². The molecule has 0 saturated carbocycles. The molecule has 3 rings (SSSR count). The Bertz CT molecular complexity index is 620. The fraction of sp³-hybridized carbons (Fsp3) is 0.294. The second-order valence-corrected chi connectivity index (χ2v) is 5.21. The van der Waals surface area contributed by atoms with Crippen molar-refractivity contribution in [2.75, 3.05) is 38.2 Å². The molecule has 5 nitrogen and oxygen atoms in total. The molecular formula is C17H19N3O2. The van der Waals surface area contributed by atoms with Crippen LogP contribution in [0.3, 0.4) is 0 Å². The van der Waals surface area contributed by atoms with Gasteiger partial charge >= 0.3 is 0 Å². The zero-order valence-electron chi connectivity index (χ0n) is 12.6. The number of carbonyl (C=O) groups is 1. The molecule has 1 aliphatic heterocycles. The van der Waals surface area contributed by atoms with Crippen molar-refractivity contribution < 1.29 is 9.53 Å². The van der Waals surface area contributed by atoms with Crippen molar-refractivity contribution in [3.8, 4) is 5.75 Å². The minimum Gasteiger partial charge on any atom is -0.497 e. The maximum Gasteiger partial charge on any atom is 0.253 e. The molecule has 1 aliphatic rings. The van der Waals surface area contributed by atoms with Gasteiger partial charge in [0.2, 0.25) is 0 Å². The van der Waals surface area contributed by atoms with Crippen molar-refractivity contribution in [1.82, 2.24) is 9.88 Å². The largest absolute Gasteiger partial charge is 0.497 e. The molecule has 2 aromatic rings. The maximum atomic E-state index is 12.5. The smallest absolute Gasteiger partial charge is 0.253 e. The van der Waals surface area contributed by atoms with E-state index in [2.05, 4.69) is 9.88 Å². The lowest BCUT2D eigenvalue weighted by molar-refractivity contribution is 0.0747. The van der Waals surface area contributed by atoms with Gasteiger partial charge in [-0.3, -0.25) is 9.78 Å². The van der Waals surface area contributed by atoms with Crippen LogP contribution in [0, 0.1) is 0 Å². The third kappa shape index (κ3) is 3.03. The number of hydrogen-bond donors (Lipinski definition) is 0. The number of carbonyl (C=O) groups excluding carboxylic acids is 1.